The van der Waals surface area contributed by atoms with Crippen LogP contribution in [0.4, 0.5) is 8.68 Å². The van der Waals surface area contributed by atoms with Crippen molar-refractivity contribution in [2.75, 3.05) is 5.75 Å². The molecule has 5 nitrogen and oxygen atoms in total. The highest BCUT2D eigenvalue weighted by Gasteiger charge is 2.29. The van der Waals surface area contributed by atoms with E-state index in [1.807, 2.05) is 0 Å². The molecule has 1 N–H and O–H groups in total. The maximum atomic E-state index is 12.5. The summed E-state index contributed by atoms with van der Waals surface area (Å²) in [5.74, 6) is -0.792. The number of halogens is 1. The highest BCUT2D eigenvalue weighted by molar-refractivity contribution is 7.86. The molecular weight excluding hydrogens is 237 g/mol. The van der Waals surface area contributed by atoms with Crippen molar-refractivity contribution in [1.29, 1.82) is 0 Å². The van der Waals surface area contributed by atoms with Crippen LogP contribution in [0.25, 0.3) is 0 Å². The Morgan fingerprint density at radius 1 is 1.25 bits per heavy atom. The lowest BCUT2D eigenvalue weighted by molar-refractivity contribution is 0.0482. The minimum Gasteiger partial charge on any atom is -0.444 e. The highest BCUT2D eigenvalue weighted by Crippen LogP contribution is 2.11. The van der Waals surface area contributed by atoms with Gasteiger partial charge in [0.15, 0.2) is 0 Å². The van der Waals surface area contributed by atoms with Crippen LogP contribution < -0.4 is 5.32 Å². The van der Waals surface area contributed by atoms with E-state index in [1.165, 1.54) is 13.8 Å². The number of nitrogens with one attached hydrogen (secondary N) is 1. The van der Waals surface area contributed by atoms with Crippen LogP contribution in [0.2, 0.25) is 0 Å². The number of carbonyl (C=O) groups excluding carboxylic acids is 1. The second kappa shape index (κ2) is 4.57. The predicted octanol–water partition coefficient (Wildman–Crippen LogP) is 1.59. The first-order valence-corrected chi connectivity index (χ1v) is 6.29. The van der Waals surface area contributed by atoms with E-state index in [4.69, 9.17) is 4.74 Å². The van der Waals surface area contributed by atoms with Crippen molar-refractivity contribution in [2.24, 2.45) is 0 Å². The normalized spacial score (nSPS) is 13.4. The van der Waals surface area contributed by atoms with Gasteiger partial charge in [0, 0.05) is 0 Å². The zero-order chi connectivity index (χ0) is 13.2. The van der Waals surface area contributed by atoms with E-state index in [-0.39, 0.29) is 0 Å². The van der Waals surface area contributed by atoms with E-state index in [0.29, 0.717) is 0 Å². The summed E-state index contributed by atoms with van der Waals surface area (Å²) < 4.78 is 38.3. The van der Waals surface area contributed by atoms with Gasteiger partial charge < -0.3 is 10.1 Å². The molecule has 7 heteroatoms. The van der Waals surface area contributed by atoms with E-state index in [2.05, 4.69) is 5.32 Å². The third-order valence-electron chi connectivity index (χ3n) is 1.37. The van der Waals surface area contributed by atoms with Gasteiger partial charge in [0.25, 0.3) is 0 Å². The van der Waals surface area contributed by atoms with Crippen LogP contribution in [0.3, 0.4) is 0 Å². The lowest BCUT2D eigenvalue weighted by Gasteiger charge is -2.27. The molecule has 0 spiro atoms. The van der Waals surface area contributed by atoms with E-state index in [0.717, 1.165) is 0 Å². The van der Waals surface area contributed by atoms with Crippen molar-refractivity contribution < 1.29 is 21.8 Å². The fourth-order valence-corrected chi connectivity index (χ4v) is 1.98. The van der Waals surface area contributed by atoms with E-state index in [9.17, 15) is 17.1 Å². The summed E-state index contributed by atoms with van der Waals surface area (Å²) in [6.45, 7) is 7.81. The maximum absolute atomic E-state index is 12.5. The summed E-state index contributed by atoms with van der Waals surface area (Å²) in [5.41, 5.74) is -1.90. The van der Waals surface area contributed by atoms with Gasteiger partial charge in [0.1, 0.15) is 11.4 Å². The first-order valence-electron chi connectivity index (χ1n) is 4.74. The molecule has 0 unspecified atom stereocenters. The summed E-state index contributed by atoms with van der Waals surface area (Å²) >= 11 is 0. The lowest BCUT2D eigenvalue weighted by Crippen LogP contribution is -2.49. The Hall–Kier alpha value is -0.850. The molecule has 0 radical (unpaired) electrons. The molecule has 0 saturated carbocycles. The molecule has 1 amide bonds. The van der Waals surface area contributed by atoms with Crippen LogP contribution in [-0.4, -0.2) is 31.4 Å². The van der Waals surface area contributed by atoms with Crippen LogP contribution in [0.15, 0.2) is 0 Å². The molecule has 0 aromatic rings. The summed E-state index contributed by atoms with van der Waals surface area (Å²) in [5, 5.41) is 2.29. The number of ether oxygens (including phenoxy) is 1. The van der Waals surface area contributed by atoms with Crippen molar-refractivity contribution >= 4 is 16.3 Å². The van der Waals surface area contributed by atoms with Crippen molar-refractivity contribution in [2.45, 2.75) is 45.8 Å². The molecule has 0 aromatic carbocycles. The Bertz CT molecular complexity index is 356. The number of carbonyl (C=O) groups is 1. The molecule has 0 fully saturated rings. The van der Waals surface area contributed by atoms with Gasteiger partial charge in [0.05, 0.1) is 5.54 Å². The minimum atomic E-state index is -4.64. The number of alkyl carbamates (subject to hydrolysis) is 1. The topological polar surface area (TPSA) is 72.5 Å². The van der Waals surface area contributed by atoms with Gasteiger partial charge in [0.2, 0.25) is 0 Å². The van der Waals surface area contributed by atoms with Gasteiger partial charge in [-0.05, 0) is 34.6 Å². The Labute approximate surface area is 95.6 Å². The summed E-state index contributed by atoms with van der Waals surface area (Å²) in [7, 11) is -4.64. The minimum absolute atomic E-state index is 0.686. The Morgan fingerprint density at radius 3 is 2.00 bits per heavy atom. The van der Waals surface area contributed by atoms with Crippen molar-refractivity contribution in [3.63, 3.8) is 0 Å². The predicted molar refractivity (Wildman–Crippen MR) is 58.3 cm³/mol. The third-order valence-corrected chi connectivity index (χ3v) is 2.44. The van der Waals surface area contributed by atoms with Crippen molar-refractivity contribution in [3.05, 3.63) is 0 Å². The van der Waals surface area contributed by atoms with Crippen molar-refractivity contribution in [3.8, 4) is 0 Å². The van der Waals surface area contributed by atoms with Gasteiger partial charge in [-0.2, -0.15) is 8.42 Å². The van der Waals surface area contributed by atoms with Gasteiger partial charge in [-0.1, -0.05) is 0 Å². The second-order valence-electron chi connectivity index (χ2n) is 5.19. The van der Waals surface area contributed by atoms with E-state index < -0.39 is 33.2 Å². The van der Waals surface area contributed by atoms with Gasteiger partial charge in [-0.3, -0.25) is 0 Å². The molecule has 16 heavy (non-hydrogen) atoms. The first-order chi connectivity index (χ1) is 6.81. The SMILES string of the molecule is CC(C)(CS(=O)(=O)F)NC(=O)OC(C)(C)C. The molecule has 0 saturated heterocycles. The molecular formula is C9H18FNO4S. The molecule has 0 bridgehead atoms. The molecule has 0 rings (SSSR count). The number of hydrogen-bond acceptors (Lipinski definition) is 4. The highest BCUT2D eigenvalue weighted by atomic mass is 32.3. The second-order valence-corrected chi connectivity index (χ2v) is 6.56. The van der Waals surface area contributed by atoms with Gasteiger partial charge >= 0.3 is 16.3 Å². The zero-order valence-corrected chi connectivity index (χ0v) is 10.9. The lowest BCUT2D eigenvalue weighted by atomic mass is 10.1. The fraction of sp³-hybridized carbons (Fsp3) is 0.889. The first kappa shape index (κ1) is 15.2. The number of amides is 1. The zero-order valence-electron chi connectivity index (χ0n) is 10.1. The smallest absolute Gasteiger partial charge is 0.408 e. The quantitative estimate of drug-likeness (QED) is 0.777. The average Bonchev–Trinajstić information content (AvgIpc) is 1.70. The van der Waals surface area contributed by atoms with E-state index >= 15 is 0 Å². The Kier molecular flexibility index (Phi) is 4.32. The molecule has 0 heterocycles. The largest absolute Gasteiger partial charge is 0.444 e. The number of rotatable bonds is 3. The van der Waals surface area contributed by atoms with Crippen LogP contribution in [-0.2, 0) is 15.0 Å². The van der Waals surface area contributed by atoms with Crippen LogP contribution in [0.1, 0.15) is 34.6 Å². The molecule has 0 aliphatic heterocycles. The number of hydrogen-bond donors (Lipinski definition) is 1. The monoisotopic (exact) mass is 255 g/mol. The average molecular weight is 255 g/mol. The Balaban J connectivity index is 4.43. The van der Waals surface area contributed by atoms with Crippen LogP contribution in [0, 0.1) is 0 Å². The molecule has 0 aliphatic carbocycles. The Morgan fingerprint density at radius 2 is 1.69 bits per heavy atom. The van der Waals surface area contributed by atoms with Gasteiger partial charge in [-0.25, -0.2) is 4.79 Å². The standard InChI is InChI=1S/C9H18FNO4S/c1-8(2,3)15-7(12)11-9(4,5)6-16(10,13)14/h6H2,1-5H3,(H,11,12). The van der Waals surface area contributed by atoms with Crippen molar-refractivity contribution in [1.82, 2.24) is 5.32 Å². The van der Waals surface area contributed by atoms with Crippen LogP contribution in [0.5, 0.6) is 0 Å². The van der Waals surface area contributed by atoms with E-state index in [1.54, 1.807) is 20.8 Å². The van der Waals surface area contributed by atoms with Gasteiger partial charge in [-0.15, -0.1) is 3.89 Å². The summed E-state index contributed by atoms with van der Waals surface area (Å²) in [4.78, 5) is 11.3. The maximum Gasteiger partial charge on any atom is 0.408 e. The third kappa shape index (κ3) is 8.46. The molecule has 0 atom stereocenters. The fourth-order valence-electron chi connectivity index (χ4n) is 1.05. The summed E-state index contributed by atoms with van der Waals surface area (Å²) in [6.07, 6.45) is -0.777. The van der Waals surface area contributed by atoms with Crippen LogP contribution >= 0.6 is 0 Å². The summed E-state index contributed by atoms with van der Waals surface area (Å²) in [6, 6.07) is 0. The molecule has 0 aromatic heterocycles. The molecule has 0 aliphatic rings. The molecule has 96 valence electrons.